The summed E-state index contributed by atoms with van der Waals surface area (Å²) in [5, 5.41) is 9.41. The van der Waals surface area contributed by atoms with Crippen LogP contribution in [0.5, 0.6) is 0 Å². The largest absolute Gasteiger partial charge is 0.385 e. The minimum absolute atomic E-state index is 0.161. The van der Waals surface area contributed by atoms with Crippen LogP contribution in [0.3, 0.4) is 0 Å². The van der Waals surface area contributed by atoms with Gasteiger partial charge in [0.1, 0.15) is 6.29 Å². The van der Waals surface area contributed by atoms with Crippen LogP contribution in [0, 0.1) is 12.5 Å². The van der Waals surface area contributed by atoms with Crippen LogP contribution >= 0.6 is 0 Å². The van der Waals surface area contributed by atoms with Gasteiger partial charge in [0.15, 0.2) is 0 Å². The molecular formula is C26H31N5O3. The van der Waals surface area contributed by atoms with Gasteiger partial charge in [0.05, 0.1) is 11.7 Å². The Morgan fingerprint density at radius 1 is 1.24 bits per heavy atom. The van der Waals surface area contributed by atoms with Crippen LogP contribution < -0.4 is 10.6 Å². The first kappa shape index (κ1) is 24.8. The quantitative estimate of drug-likeness (QED) is 0.331. The lowest BCUT2D eigenvalue weighted by atomic mass is 9.99. The summed E-state index contributed by atoms with van der Waals surface area (Å²) in [6.45, 7) is 3.03. The zero-order valence-electron chi connectivity index (χ0n) is 19.6. The second-order valence-corrected chi connectivity index (χ2v) is 8.41. The summed E-state index contributed by atoms with van der Waals surface area (Å²) in [5.41, 5.74) is 13.0. The molecule has 2 aromatic carbocycles. The lowest BCUT2D eigenvalue weighted by Gasteiger charge is -2.22. The monoisotopic (exact) mass is 461 g/mol. The zero-order chi connectivity index (χ0) is 24.5. The number of carbonyl (C=O) groups excluding carboxylic acids is 3. The van der Waals surface area contributed by atoms with Crippen LogP contribution in [-0.4, -0.2) is 36.1 Å². The number of fused-ring (bicyclic) bond motifs is 1. The Kier molecular flexibility index (Phi) is 8.67. The first-order valence-corrected chi connectivity index (χ1v) is 11.4. The van der Waals surface area contributed by atoms with Crippen molar-refractivity contribution in [2.45, 2.75) is 51.7 Å². The van der Waals surface area contributed by atoms with Crippen molar-refractivity contribution in [1.29, 1.82) is 5.53 Å². The van der Waals surface area contributed by atoms with Gasteiger partial charge in [0, 0.05) is 38.3 Å². The highest BCUT2D eigenvalue weighted by atomic mass is 16.2. The lowest BCUT2D eigenvalue weighted by Crippen LogP contribution is -2.37. The molecule has 2 amide bonds. The van der Waals surface area contributed by atoms with E-state index in [1.54, 1.807) is 24.2 Å². The Labute approximate surface area is 199 Å². The molecule has 0 saturated heterocycles. The van der Waals surface area contributed by atoms with Crippen molar-refractivity contribution < 1.29 is 14.4 Å². The van der Waals surface area contributed by atoms with Crippen molar-refractivity contribution in [1.82, 2.24) is 15.5 Å². The maximum Gasteiger partial charge on any atom is 0.255 e. The number of carbonyl (C=O) groups is 3. The standard InChI is InChI=1S/C26H31N5O3/c1-18-5-3-6-19(13-18)14-29-15-21(30-27)10-9-20-7-4-8-23-24(20)16-31(26(23)34)22(17-32)11-12-25(33)28-2/h3-8,13,15,17,22,27,29H,9-12,14,16H2,1-2H3,(H,28,33)/b21-15-,30-27?. The molecule has 0 aliphatic carbocycles. The van der Waals surface area contributed by atoms with Gasteiger partial charge in [-0.2, -0.15) is 5.11 Å². The fraction of sp³-hybridized carbons (Fsp3) is 0.346. The second-order valence-electron chi connectivity index (χ2n) is 8.41. The Morgan fingerprint density at radius 2 is 2.03 bits per heavy atom. The molecular weight excluding hydrogens is 430 g/mol. The second kappa shape index (κ2) is 11.9. The van der Waals surface area contributed by atoms with Crippen LogP contribution in [0.2, 0.25) is 0 Å². The van der Waals surface area contributed by atoms with Gasteiger partial charge < -0.3 is 20.3 Å². The van der Waals surface area contributed by atoms with E-state index >= 15 is 0 Å². The molecule has 8 nitrogen and oxygen atoms in total. The Hall–Kier alpha value is -3.81. The molecule has 178 valence electrons. The van der Waals surface area contributed by atoms with Crippen molar-refractivity contribution in [2.75, 3.05) is 7.05 Å². The summed E-state index contributed by atoms with van der Waals surface area (Å²) in [6.07, 6.45) is 4.14. The van der Waals surface area contributed by atoms with Crippen molar-refractivity contribution >= 4 is 18.1 Å². The number of nitrogens with zero attached hydrogens (tertiary/aromatic N) is 2. The van der Waals surface area contributed by atoms with E-state index in [-0.39, 0.29) is 24.7 Å². The van der Waals surface area contributed by atoms with Gasteiger partial charge >= 0.3 is 0 Å². The van der Waals surface area contributed by atoms with E-state index in [2.05, 4.69) is 21.8 Å². The maximum absolute atomic E-state index is 13.0. The molecule has 0 fully saturated rings. The van der Waals surface area contributed by atoms with Gasteiger partial charge in [-0.25, -0.2) is 5.53 Å². The normalized spacial score (nSPS) is 13.9. The molecule has 1 heterocycles. The molecule has 2 aromatic rings. The smallest absolute Gasteiger partial charge is 0.255 e. The van der Waals surface area contributed by atoms with Crippen LogP contribution in [-0.2, 0) is 29.1 Å². The summed E-state index contributed by atoms with van der Waals surface area (Å²) in [6, 6.07) is 13.2. The Morgan fingerprint density at radius 3 is 2.74 bits per heavy atom. The van der Waals surface area contributed by atoms with E-state index in [1.165, 1.54) is 5.56 Å². The number of hydrogen-bond acceptors (Lipinski definition) is 6. The molecule has 34 heavy (non-hydrogen) atoms. The van der Waals surface area contributed by atoms with Gasteiger partial charge in [-0.3, -0.25) is 9.59 Å². The highest BCUT2D eigenvalue weighted by Crippen LogP contribution is 2.29. The fourth-order valence-electron chi connectivity index (χ4n) is 4.15. The summed E-state index contributed by atoms with van der Waals surface area (Å²) < 4.78 is 0. The minimum atomic E-state index is -0.644. The third kappa shape index (κ3) is 6.15. The molecule has 0 aromatic heterocycles. The van der Waals surface area contributed by atoms with E-state index in [1.807, 2.05) is 37.3 Å². The third-order valence-electron chi connectivity index (χ3n) is 6.05. The molecule has 0 spiro atoms. The number of nitrogens with one attached hydrogen (secondary N) is 3. The van der Waals surface area contributed by atoms with Crippen LogP contribution in [0.25, 0.3) is 0 Å². The van der Waals surface area contributed by atoms with E-state index in [9.17, 15) is 14.4 Å². The van der Waals surface area contributed by atoms with Crippen molar-refractivity contribution in [2.24, 2.45) is 5.11 Å². The molecule has 1 aliphatic heterocycles. The van der Waals surface area contributed by atoms with Gasteiger partial charge in [0.25, 0.3) is 5.91 Å². The predicted octanol–water partition coefficient (Wildman–Crippen LogP) is 3.64. The molecule has 0 saturated carbocycles. The molecule has 0 bridgehead atoms. The zero-order valence-corrected chi connectivity index (χ0v) is 19.6. The number of benzene rings is 2. The topological polar surface area (TPSA) is 115 Å². The average molecular weight is 462 g/mol. The summed E-state index contributed by atoms with van der Waals surface area (Å²) in [5.74, 6) is -0.349. The first-order valence-electron chi connectivity index (χ1n) is 11.4. The Balaban J connectivity index is 1.64. The molecule has 1 unspecified atom stereocenters. The number of aryl methyl sites for hydroxylation is 2. The number of aldehydes is 1. The molecule has 8 heteroatoms. The van der Waals surface area contributed by atoms with Gasteiger partial charge in [-0.05, 0) is 48.9 Å². The summed E-state index contributed by atoms with van der Waals surface area (Å²) >= 11 is 0. The Bertz CT molecular complexity index is 1100. The molecule has 3 rings (SSSR count). The highest BCUT2D eigenvalue weighted by molar-refractivity contribution is 6.00. The number of hydrogen-bond donors (Lipinski definition) is 3. The highest BCUT2D eigenvalue weighted by Gasteiger charge is 2.33. The van der Waals surface area contributed by atoms with Crippen molar-refractivity contribution in [3.8, 4) is 0 Å². The van der Waals surface area contributed by atoms with E-state index in [0.29, 0.717) is 37.2 Å². The van der Waals surface area contributed by atoms with Gasteiger partial charge in [-0.15, -0.1) is 0 Å². The van der Waals surface area contributed by atoms with Crippen molar-refractivity contribution in [3.05, 3.63) is 82.2 Å². The minimum Gasteiger partial charge on any atom is -0.385 e. The number of rotatable bonds is 12. The molecule has 0 radical (unpaired) electrons. The van der Waals surface area contributed by atoms with Gasteiger partial charge in [-0.1, -0.05) is 42.0 Å². The fourth-order valence-corrected chi connectivity index (χ4v) is 4.15. The van der Waals surface area contributed by atoms with Crippen LogP contribution in [0.15, 0.2) is 59.5 Å². The van der Waals surface area contributed by atoms with Crippen LogP contribution in [0.4, 0.5) is 0 Å². The van der Waals surface area contributed by atoms with E-state index in [4.69, 9.17) is 5.53 Å². The number of allylic oxidation sites excluding steroid dienone is 1. The third-order valence-corrected chi connectivity index (χ3v) is 6.05. The maximum atomic E-state index is 13.0. The van der Waals surface area contributed by atoms with Gasteiger partial charge in [0.2, 0.25) is 5.91 Å². The molecule has 3 N–H and O–H groups in total. The van der Waals surface area contributed by atoms with E-state index < -0.39 is 6.04 Å². The summed E-state index contributed by atoms with van der Waals surface area (Å²) in [4.78, 5) is 37.8. The van der Waals surface area contributed by atoms with E-state index in [0.717, 1.165) is 23.0 Å². The predicted molar refractivity (Wildman–Crippen MR) is 129 cm³/mol. The lowest BCUT2D eigenvalue weighted by molar-refractivity contribution is -0.121. The molecule has 1 aliphatic rings. The first-order chi connectivity index (χ1) is 16.5. The summed E-state index contributed by atoms with van der Waals surface area (Å²) in [7, 11) is 1.55. The van der Waals surface area contributed by atoms with Crippen LogP contribution in [0.1, 0.15) is 51.9 Å². The average Bonchev–Trinajstić information content (AvgIpc) is 3.18. The van der Waals surface area contributed by atoms with Crippen molar-refractivity contribution in [3.63, 3.8) is 0 Å². The SMILES string of the molecule is CNC(=O)CCC(C=O)N1Cc2c(CC/C(=C/NCc3cccc(C)c3)N=N)cccc2C1=O. The molecule has 1 atom stereocenters. The number of amides is 2.